The first-order valence-corrected chi connectivity index (χ1v) is 10.00. The molecule has 9 nitrogen and oxygen atoms in total. The van der Waals surface area contributed by atoms with E-state index in [9.17, 15) is 29.4 Å². The van der Waals surface area contributed by atoms with Crippen molar-refractivity contribution in [3.8, 4) is 0 Å². The molecule has 0 saturated carbocycles. The van der Waals surface area contributed by atoms with Crippen molar-refractivity contribution in [3.63, 3.8) is 0 Å². The summed E-state index contributed by atoms with van der Waals surface area (Å²) in [6.45, 7) is 1.20. The molecule has 0 heterocycles. The summed E-state index contributed by atoms with van der Waals surface area (Å²) >= 11 is 0. The van der Waals surface area contributed by atoms with Crippen LogP contribution in [0.1, 0.15) is 24.5 Å². The lowest BCUT2D eigenvalue weighted by atomic mass is 9.90. The second kappa shape index (κ2) is 11.1. The van der Waals surface area contributed by atoms with Crippen LogP contribution < -0.4 is 11.1 Å². The van der Waals surface area contributed by atoms with Crippen molar-refractivity contribution in [2.45, 2.75) is 38.0 Å². The number of rotatable bonds is 11. The Morgan fingerprint density at radius 3 is 1.97 bits per heavy atom. The molecule has 2 aromatic carbocycles. The normalized spacial score (nSPS) is 14.4. The van der Waals surface area contributed by atoms with Gasteiger partial charge in [-0.15, -0.1) is 0 Å². The number of benzene rings is 2. The zero-order valence-corrected chi connectivity index (χ0v) is 17.6. The number of nitrogens with one attached hydrogen (secondary N) is 1. The van der Waals surface area contributed by atoms with E-state index in [0.717, 1.165) is 0 Å². The van der Waals surface area contributed by atoms with Crippen molar-refractivity contribution >= 4 is 23.8 Å². The lowest BCUT2D eigenvalue weighted by Gasteiger charge is -2.29. The second-order valence-corrected chi connectivity index (χ2v) is 7.28. The zero-order valence-electron chi connectivity index (χ0n) is 17.6. The van der Waals surface area contributed by atoms with E-state index in [4.69, 9.17) is 10.5 Å². The van der Waals surface area contributed by atoms with Gasteiger partial charge < -0.3 is 26.0 Å². The molecule has 0 bridgehead atoms. The van der Waals surface area contributed by atoms with Gasteiger partial charge in [0.1, 0.15) is 6.61 Å². The van der Waals surface area contributed by atoms with E-state index in [-0.39, 0.29) is 19.4 Å². The van der Waals surface area contributed by atoms with Crippen LogP contribution in [-0.4, -0.2) is 45.6 Å². The average molecular weight is 442 g/mol. The van der Waals surface area contributed by atoms with Gasteiger partial charge in [0, 0.05) is 0 Å². The van der Waals surface area contributed by atoms with Gasteiger partial charge in [-0.05, 0) is 24.0 Å². The van der Waals surface area contributed by atoms with Gasteiger partial charge in [0.25, 0.3) is 0 Å². The maximum Gasteiger partial charge on any atom is 0.344 e. The van der Waals surface area contributed by atoms with Crippen LogP contribution in [-0.2, 0) is 36.9 Å². The molecule has 32 heavy (non-hydrogen) atoms. The van der Waals surface area contributed by atoms with Gasteiger partial charge in [0.05, 0.1) is 12.0 Å². The summed E-state index contributed by atoms with van der Waals surface area (Å²) < 4.78 is 5.14. The highest BCUT2D eigenvalue weighted by molar-refractivity contribution is 6.07. The van der Waals surface area contributed by atoms with E-state index in [1.165, 1.54) is 6.92 Å². The summed E-state index contributed by atoms with van der Waals surface area (Å²) in [5.74, 6) is -6.53. The number of carbonyl (C=O) groups is 4. The first-order valence-electron chi connectivity index (χ1n) is 10.00. The molecule has 2 rings (SSSR count). The van der Waals surface area contributed by atoms with Gasteiger partial charge in [-0.2, -0.15) is 0 Å². The quantitative estimate of drug-likeness (QED) is 0.300. The summed E-state index contributed by atoms with van der Waals surface area (Å²) in [5.41, 5.74) is 4.77. The minimum Gasteiger partial charge on any atom is -0.481 e. The molecule has 0 saturated heterocycles. The largest absolute Gasteiger partial charge is 0.481 e. The second-order valence-electron chi connectivity index (χ2n) is 7.28. The van der Waals surface area contributed by atoms with Crippen LogP contribution in [0.25, 0.3) is 0 Å². The Kier molecular flexibility index (Phi) is 8.48. The zero-order chi connectivity index (χ0) is 23.7. The third-order valence-corrected chi connectivity index (χ3v) is 5.15. The van der Waals surface area contributed by atoms with Crippen LogP contribution in [0.4, 0.5) is 0 Å². The molecule has 0 radical (unpaired) electrons. The minimum absolute atomic E-state index is 0.0462. The summed E-state index contributed by atoms with van der Waals surface area (Å²) in [6, 6.07) is 15.6. The average Bonchev–Trinajstić information content (AvgIpc) is 2.79. The van der Waals surface area contributed by atoms with Gasteiger partial charge >= 0.3 is 17.9 Å². The molecule has 170 valence electrons. The van der Waals surface area contributed by atoms with Gasteiger partial charge in [-0.25, -0.2) is 9.59 Å². The topological polar surface area (TPSA) is 156 Å². The number of carbonyl (C=O) groups excluding carboxylic acids is 2. The van der Waals surface area contributed by atoms with Crippen LogP contribution in [0.15, 0.2) is 60.7 Å². The van der Waals surface area contributed by atoms with Gasteiger partial charge in [0.15, 0.2) is 0 Å². The van der Waals surface area contributed by atoms with Crippen molar-refractivity contribution in [2.24, 2.45) is 11.7 Å². The molecule has 0 aromatic heterocycles. The van der Waals surface area contributed by atoms with Crippen LogP contribution >= 0.6 is 0 Å². The number of aliphatic carboxylic acids is 2. The smallest absolute Gasteiger partial charge is 0.344 e. The Morgan fingerprint density at radius 1 is 0.969 bits per heavy atom. The molecular weight excluding hydrogens is 416 g/mol. The molecule has 1 amide bonds. The highest BCUT2D eigenvalue weighted by Crippen LogP contribution is 2.18. The van der Waals surface area contributed by atoms with Crippen molar-refractivity contribution in [2.75, 3.05) is 0 Å². The summed E-state index contributed by atoms with van der Waals surface area (Å²) in [4.78, 5) is 49.2. The Hall–Kier alpha value is -3.72. The van der Waals surface area contributed by atoms with Gasteiger partial charge in [0.2, 0.25) is 11.4 Å². The van der Waals surface area contributed by atoms with Crippen LogP contribution in [0.3, 0.4) is 0 Å². The molecule has 5 N–H and O–H groups in total. The molecule has 9 heteroatoms. The van der Waals surface area contributed by atoms with Crippen LogP contribution in [0, 0.1) is 5.92 Å². The lowest BCUT2D eigenvalue weighted by molar-refractivity contribution is -0.166. The van der Waals surface area contributed by atoms with Gasteiger partial charge in [-0.3, -0.25) is 9.59 Å². The fourth-order valence-electron chi connectivity index (χ4n) is 3.13. The highest BCUT2D eigenvalue weighted by atomic mass is 16.5. The summed E-state index contributed by atoms with van der Waals surface area (Å²) in [5, 5.41) is 21.4. The van der Waals surface area contributed by atoms with E-state index in [2.05, 4.69) is 5.32 Å². The maximum atomic E-state index is 12.8. The Balaban J connectivity index is 2.18. The van der Waals surface area contributed by atoms with Crippen molar-refractivity contribution in [1.29, 1.82) is 0 Å². The molecule has 2 unspecified atom stereocenters. The number of nitrogens with two attached hydrogens (primary N) is 1. The third-order valence-electron chi connectivity index (χ3n) is 5.15. The first-order chi connectivity index (χ1) is 15.2. The van der Waals surface area contributed by atoms with E-state index >= 15 is 0 Å². The van der Waals surface area contributed by atoms with E-state index in [1.54, 1.807) is 60.7 Å². The Morgan fingerprint density at radius 2 is 1.50 bits per heavy atom. The standard InChI is InChI=1S/C23H26N2O7/c1-2-23(21(29)30,22(31)32-14-16-11-7-4-8-12-16)25-19(26)18(24)17(20(27)28)13-15-9-5-3-6-10-15/h3-12,17-18H,2,13-14,24H2,1H3,(H,25,26)(H,27,28)(H,29,30)/t17?,18-,23?/m0/s1. The van der Waals surface area contributed by atoms with Crippen LogP contribution in [0.5, 0.6) is 0 Å². The van der Waals surface area contributed by atoms with E-state index in [1.807, 2.05) is 0 Å². The number of ether oxygens (including phenoxy) is 1. The monoisotopic (exact) mass is 442 g/mol. The Labute approximate surface area is 185 Å². The number of esters is 1. The molecule has 0 aliphatic heterocycles. The van der Waals surface area contributed by atoms with Crippen molar-refractivity contribution < 1.29 is 34.1 Å². The fraction of sp³-hybridized carbons (Fsp3) is 0.304. The van der Waals surface area contributed by atoms with E-state index in [0.29, 0.717) is 11.1 Å². The number of amides is 1. The molecule has 0 spiro atoms. The first kappa shape index (κ1) is 24.5. The molecule has 2 aromatic rings. The van der Waals surface area contributed by atoms with Gasteiger partial charge in [-0.1, -0.05) is 67.6 Å². The summed E-state index contributed by atoms with van der Waals surface area (Å²) in [7, 11) is 0. The fourth-order valence-corrected chi connectivity index (χ4v) is 3.13. The highest BCUT2D eigenvalue weighted by Gasteiger charge is 2.49. The Bertz CT molecular complexity index is 949. The van der Waals surface area contributed by atoms with Crippen molar-refractivity contribution in [1.82, 2.24) is 5.32 Å². The SMILES string of the molecule is CCC(NC(=O)[C@@H](N)C(Cc1ccccc1)C(=O)O)(C(=O)O)C(=O)OCc1ccccc1. The minimum atomic E-state index is -2.40. The molecule has 3 atom stereocenters. The van der Waals surface area contributed by atoms with Crippen LogP contribution in [0.2, 0.25) is 0 Å². The third kappa shape index (κ3) is 5.92. The number of hydrogen-bond acceptors (Lipinski definition) is 6. The molecule has 0 aliphatic rings. The predicted octanol–water partition coefficient (Wildman–Crippen LogP) is 1.35. The molecule has 0 fully saturated rings. The lowest BCUT2D eigenvalue weighted by Crippen LogP contribution is -2.64. The predicted molar refractivity (Wildman–Crippen MR) is 114 cm³/mol. The molecular formula is C23H26N2O7. The number of carboxylic acid groups (broad SMARTS) is 2. The van der Waals surface area contributed by atoms with E-state index < -0.39 is 41.3 Å². The van der Waals surface area contributed by atoms with Crippen molar-refractivity contribution in [3.05, 3.63) is 71.8 Å². The maximum absolute atomic E-state index is 12.8. The molecule has 0 aliphatic carbocycles. The number of carboxylic acids is 2. The summed E-state index contributed by atoms with van der Waals surface area (Å²) in [6.07, 6.45) is -0.375. The number of hydrogen-bond donors (Lipinski definition) is 4.